The van der Waals surface area contributed by atoms with Gasteiger partial charge in [0.15, 0.2) is 0 Å². The molecule has 0 aliphatic carbocycles. The Bertz CT molecular complexity index is 1340. The lowest BCUT2D eigenvalue weighted by atomic mass is 9.92. The Balaban J connectivity index is 0.000000233. The van der Waals surface area contributed by atoms with Crippen LogP contribution in [0.3, 0.4) is 0 Å². The summed E-state index contributed by atoms with van der Waals surface area (Å²) in [6.45, 7) is 4.84. The zero-order valence-electron chi connectivity index (χ0n) is 26.0. The second-order valence-corrected chi connectivity index (χ2v) is 11.5. The highest BCUT2D eigenvalue weighted by atomic mass is 16.4. The van der Waals surface area contributed by atoms with E-state index in [0.29, 0.717) is 5.82 Å². The van der Waals surface area contributed by atoms with Crippen LogP contribution in [0.1, 0.15) is 84.6 Å². The standard InChI is InChI=1S/C22H30N4O2.C15H17N/c1-16-24-14-19(15-25-16)18(13-21(27)28)7-4-2-3-5-9-20-11-10-17-8-6-12-23-22(17)26-20;1-3-7-14(8-4-1)11-12-16-13-15-9-5-2-6-10-15/h10-11,14-15,18H,2-9,12-13H2,1H3,(H,23,26)(H,27,28);1-10,16H,11-13H2/t18-;/m1./s1. The molecule has 1 aliphatic heterocycles. The number of benzene rings is 2. The second-order valence-electron chi connectivity index (χ2n) is 11.5. The van der Waals surface area contributed by atoms with Gasteiger partial charge in [0.05, 0.1) is 6.42 Å². The minimum absolute atomic E-state index is 0.00788. The van der Waals surface area contributed by atoms with Crippen molar-refractivity contribution in [3.63, 3.8) is 0 Å². The molecule has 1 aliphatic rings. The molecule has 0 unspecified atom stereocenters. The van der Waals surface area contributed by atoms with E-state index in [0.717, 1.165) is 88.1 Å². The Morgan fingerprint density at radius 3 is 2.32 bits per heavy atom. The molecule has 2 aromatic carbocycles. The highest BCUT2D eigenvalue weighted by Crippen LogP contribution is 2.26. The number of anilines is 1. The van der Waals surface area contributed by atoms with Crippen molar-refractivity contribution < 1.29 is 9.90 Å². The van der Waals surface area contributed by atoms with Gasteiger partial charge in [0.2, 0.25) is 0 Å². The molecule has 7 nitrogen and oxygen atoms in total. The van der Waals surface area contributed by atoms with E-state index in [1.165, 1.54) is 23.1 Å². The number of unbranched alkanes of at least 4 members (excludes halogenated alkanes) is 3. The maximum Gasteiger partial charge on any atom is 0.303 e. The van der Waals surface area contributed by atoms with E-state index < -0.39 is 5.97 Å². The molecule has 232 valence electrons. The average molecular weight is 594 g/mol. The van der Waals surface area contributed by atoms with Gasteiger partial charge in [0.1, 0.15) is 11.6 Å². The normalized spacial score (nSPS) is 12.8. The summed E-state index contributed by atoms with van der Waals surface area (Å²) < 4.78 is 0. The summed E-state index contributed by atoms with van der Waals surface area (Å²) in [4.78, 5) is 24.4. The molecule has 0 radical (unpaired) electrons. The number of carboxylic acid groups (broad SMARTS) is 1. The molecule has 0 amide bonds. The topological polar surface area (TPSA) is 100 Å². The molecule has 7 heteroatoms. The third-order valence-electron chi connectivity index (χ3n) is 7.99. The zero-order valence-corrected chi connectivity index (χ0v) is 26.0. The molecule has 3 heterocycles. The Morgan fingerprint density at radius 1 is 0.886 bits per heavy atom. The fourth-order valence-corrected chi connectivity index (χ4v) is 5.48. The van der Waals surface area contributed by atoms with Gasteiger partial charge in [-0.1, -0.05) is 86.0 Å². The summed E-state index contributed by atoms with van der Waals surface area (Å²) in [5, 5.41) is 16.0. The van der Waals surface area contributed by atoms with E-state index in [1.54, 1.807) is 12.4 Å². The van der Waals surface area contributed by atoms with Crippen LogP contribution in [0.5, 0.6) is 0 Å². The van der Waals surface area contributed by atoms with E-state index in [4.69, 9.17) is 4.98 Å². The van der Waals surface area contributed by atoms with Gasteiger partial charge in [-0.2, -0.15) is 0 Å². The van der Waals surface area contributed by atoms with Gasteiger partial charge in [-0.25, -0.2) is 15.0 Å². The summed E-state index contributed by atoms with van der Waals surface area (Å²) in [5.74, 6) is 1.01. The summed E-state index contributed by atoms with van der Waals surface area (Å²) in [6, 6.07) is 25.4. The predicted molar refractivity (Wildman–Crippen MR) is 178 cm³/mol. The number of carbonyl (C=O) groups is 1. The summed E-state index contributed by atoms with van der Waals surface area (Å²) in [5.41, 5.74) is 6.16. The van der Waals surface area contributed by atoms with Gasteiger partial charge in [-0.15, -0.1) is 0 Å². The molecule has 0 saturated heterocycles. The van der Waals surface area contributed by atoms with Crippen LogP contribution in [0.2, 0.25) is 0 Å². The largest absolute Gasteiger partial charge is 0.481 e. The van der Waals surface area contributed by atoms with Crippen LogP contribution in [-0.4, -0.2) is 39.1 Å². The molecule has 2 aromatic heterocycles. The van der Waals surface area contributed by atoms with Crippen LogP contribution in [0, 0.1) is 6.92 Å². The quantitative estimate of drug-likeness (QED) is 0.124. The van der Waals surface area contributed by atoms with Crippen molar-refractivity contribution in [2.75, 3.05) is 18.4 Å². The number of hydrogen-bond acceptors (Lipinski definition) is 6. The monoisotopic (exact) mass is 593 g/mol. The number of aromatic nitrogens is 3. The Morgan fingerprint density at radius 2 is 1.59 bits per heavy atom. The molecular weight excluding hydrogens is 546 g/mol. The number of nitrogens with one attached hydrogen (secondary N) is 2. The van der Waals surface area contributed by atoms with Crippen LogP contribution in [0.4, 0.5) is 5.82 Å². The van der Waals surface area contributed by atoms with E-state index in [2.05, 4.69) is 87.3 Å². The first kappa shape index (κ1) is 32.8. The lowest BCUT2D eigenvalue weighted by Gasteiger charge is -2.17. The van der Waals surface area contributed by atoms with E-state index in [9.17, 15) is 9.90 Å². The van der Waals surface area contributed by atoms with Crippen molar-refractivity contribution in [2.24, 2.45) is 0 Å². The zero-order chi connectivity index (χ0) is 30.8. The van der Waals surface area contributed by atoms with Crippen molar-refractivity contribution in [2.45, 2.75) is 83.6 Å². The van der Waals surface area contributed by atoms with Gasteiger partial charge in [-0.05, 0) is 86.2 Å². The number of nitrogens with zero attached hydrogens (tertiary/aromatic N) is 3. The van der Waals surface area contributed by atoms with Gasteiger partial charge in [0.25, 0.3) is 0 Å². The number of hydrogen-bond donors (Lipinski definition) is 3. The third kappa shape index (κ3) is 11.9. The SMILES string of the molecule is Cc1ncc([C@H](CCCCCCc2ccc3c(n2)NCCC3)CC(=O)O)cn1.c1ccc(CCNCc2ccccc2)cc1. The van der Waals surface area contributed by atoms with Crippen molar-refractivity contribution in [1.29, 1.82) is 0 Å². The average Bonchev–Trinajstić information content (AvgIpc) is 3.05. The number of fused-ring (bicyclic) bond motifs is 1. The number of aryl methyl sites for hydroxylation is 3. The molecule has 1 atom stereocenters. The summed E-state index contributed by atoms with van der Waals surface area (Å²) in [7, 11) is 0. The molecule has 3 N–H and O–H groups in total. The minimum atomic E-state index is -0.766. The van der Waals surface area contributed by atoms with Crippen molar-refractivity contribution in [3.05, 3.63) is 119 Å². The number of rotatable bonds is 15. The molecule has 0 fully saturated rings. The highest BCUT2D eigenvalue weighted by molar-refractivity contribution is 5.68. The van der Waals surface area contributed by atoms with Gasteiger partial charge in [0, 0.05) is 31.2 Å². The Hall–Kier alpha value is -4.10. The molecular formula is C37H47N5O2. The summed E-state index contributed by atoms with van der Waals surface area (Å²) >= 11 is 0. The number of pyridine rings is 1. The van der Waals surface area contributed by atoms with Crippen LogP contribution < -0.4 is 10.6 Å². The molecule has 0 spiro atoms. The molecule has 4 aromatic rings. The van der Waals surface area contributed by atoms with Gasteiger partial charge < -0.3 is 15.7 Å². The number of carboxylic acids is 1. The van der Waals surface area contributed by atoms with E-state index >= 15 is 0 Å². The second kappa shape index (κ2) is 18.5. The van der Waals surface area contributed by atoms with E-state index in [-0.39, 0.29) is 12.3 Å². The predicted octanol–water partition coefficient (Wildman–Crippen LogP) is 7.31. The molecule has 5 rings (SSSR count). The highest BCUT2D eigenvalue weighted by Gasteiger charge is 2.16. The van der Waals surface area contributed by atoms with Crippen molar-refractivity contribution in [1.82, 2.24) is 20.3 Å². The molecule has 0 bridgehead atoms. The van der Waals surface area contributed by atoms with Gasteiger partial charge >= 0.3 is 5.97 Å². The van der Waals surface area contributed by atoms with Crippen molar-refractivity contribution >= 4 is 11.8 Å². The van der Waals surface area contributed by atoms with Crippen molar-refractivity contribution in [3.8, 4) is 0 Å². The smallest absolute Gasteiger partial charge is 0.303 e. The maximum absolute atomic E-state index is 11.2. The fraction of sp³-hybridized carbons (Fsp3) is 0.405. The van der Waals surface area contributed by atoms with Crippen LogP contribution >= 0.6 is 0 Å². The third-order valence-corrected chi connectivity index (χ3v) is 7.99. The first-order chi connectivity index (χ1) is 21.6. The lowest BCUT2D eigenvalue weighted by Crippen LogP contribution is -2.16. The Labute approximate surface area is 262 Å². The number of aliphatic carboxylic acids is 1. The van der Waals surface area contributed by atoms with E-state index in [1.807, 2.05) is 13.0 Å². The molecule has 44 heavy (non-hydrogen) atoms. The first-order valence-corrected chi connectivity index (χ1v) is 16.1. The minimum Gasteiger partial charge on any atom is -0.481 e. The van der Waals surface area contributed by atoms with Crippen LogP contribution in [0.25, 0.3) is 0 Å². The van der Waals surface area contributed by atoms with Crippen LogP contribution in [0.15, 0.2) is 85.2 Å². The first-order valence-electron chi connectivity index (χ1n) is 16.1. The fourth-order valence-electron chi connectivity index (χ4n) is 5.48. The maximum atomic E-state index is 11.2. The molecule has 0 saturated carbocycles. The summed E-state index contributed by atoms with van der Waals surface area (Å²) in [6.07, 6.45) is 13.3. The van der Waals surface area contributed by atoms with Crippen LogP contribution in [-0.2, 0) is 30.6 Å². The van der Waals surface area contributed by atoms with Gasteiger partial charge in [-0.3, -0.25) is 4.79 Å². The lowest BCUT2D eigenvalue weighted by molar-refractivity contribution is -0.137. The Kier molecular flexibility index (Phi) is 13.8.